The third kappa shape index (κ3) is 2.74. The lowest BCUT2D eigenvalue weighted by atomic mass is 10.3. The summed E-state index contributed by atoms with van der Waals surface area (Å²) in [6, 6.07) is 9.70. The van der Waals surface area contributed by atoms with Crippen LogP contribution in [-0.2, 0) is 4.74 Å². The van der Waals surface area contributed by atoms with Crippen molar-refractivity contribution in [2.45, 2.75) is 5.16 Å². The average Bonchev–Trinajstić information content (AvgIpc) is 3.10. The first-order valence-electron chi connectivity index (χ1n) is 6.23. The maximum Gasteiger partial charge on any atom is 0.409 e. The number of carbonyl (C=O) groups excluding carboxylic acids is 1. The average molecular weight is 291 g/mol. The summed E-state index contributed by atoms with van der Waals surface area (Å²) in [6.07, 6.45) is -0.242. The summed E-state index contributed by atoms with van der Waals surface area (Å²) in [5, 5.41) is 12.4. The molecule has 1 saturated heterocycles. The van der Waals surface area contributed by atoms with E-state index in [1.165, 1.54) is 11.8 Å². The van der Waals surface area contributed by atoms with Crippen LogP contribution < -0.4 is 0 Å². The van der Waals surface area contributed by atoms with E-state index in [4.69, 9.17) is 4.74 Å². The number of benzene rings is 1. The number of carbonyl (C=O) groups is 1. The number of nitrogens with zero attached hydrogens (tertiary/aromatic N) is 5. The maximum absolute atomic E-state index is 11.3. The Bertz CT molecular complexity index is 589. The lowest BCUT2D eigenvalue weighted by Gasteiger charge is -2.11. The Morgan fingerprint density at radius 2 is 2.15 bits per heavy atom. The van der Waals surface area contributed by atoms with Crippen molar-refractivity contribution in [1.82, 2.24) is 25.1 Å². The smallest absolute Gasteiger partial charge is 0.409 e. The van der Waals surface area contributed by atoms with Crippen molar-refractivity contribution in [1.29, 1.82) is 0 Å². The number of para-hydroxylation sites is 1. The van der Waals surface area contributed by atoms with E-state index in [1.54, 1.807) is 9.58 Å². The lowest BCUT2D eigenvalue weighted by Crippen LogP contribution is -2.26. The molecule has 3 rings (SSSR count). The molecular formula is C12H13N5O2S. The third-order valence-electron chi connectivity index (χ3n) is 2.88. The van der Waals surface area contributed by atoms with E-state index in [9.17, 15) is 4.79 Å². The molecule has 1 aromatic carbocycles. The van der Waals surface area contributed by atoms with Gasteiger partial charge in [0.25, 0.3) is 0 Å². The number of tetrazole rings is 1. The van der Waals surface area contributed by atoms with E-state index in [2.05, 4.69) is 15.5 Å². The zero-order valence-electron chi connectivity index (χ0n) is 10.7. The minimum absolute atomic E-state index is 0.242. The molecule has 20 heavy (non-hydrogen) atoms. The molecule has 2 heterocycles. The van der Waals surface area contributed by atoms with Crippen LogP contribution >= 0.6 is 11.8 Å². The highest BCUT2D eigenvalue weighted by atomic mass is 32.2. The number of ether oxygens (including phenoxy) is 1. The standard InChI is InChI=1S/C12H13N5O2S/c18-12-16(6-8-19-12)7-9-20-11-13-14-15-17(11)10-4-2-1-3-5-10/h1-5H,6-9H2. The number of thioether (sulfide) groups is 1. The summed E-state index contributed by atoms with van der Waals surface area (Å²) < 4.78 is 6.57. The maximum atomic E-state index is 11.3. The second-order valence-electron chi connectivity index (χ2n) is 4.16. The van der Waals surface area contributed by atoms with Crippen molar-refractivity contribution in [2.75, 3.05) is 25.4 Å². The molecule has 0 saturated carbocycles. The molecule has 1 amide bonds. The normalized spacial score (nSPS) is 14.6. The summed E-state index contributed by atoms with van der Waals surface area (Å²) in [5.74, 6) is 0.725. The summed E-state index contributed by atoms with van der Waals surface area (Å²) in [6.45, 7) is 1.76. The molecule has 1 aliphatic rings. The predicted molar refractivity (Wildman–Crippen MR) is 72.8 cm³/mol. The minimum atomic E-state index is -0.242. The molecule has 8 heteroatoms. The van der Waals surface area contributed by atoms with Crippen LogP contribution in [0.15, 0.2) is 35.5 Å². The van der Waals surface area contributed by atoms with Gasteiger partial charge in [-0.2, -0.15) is 4.68 Å². The van der Waals surface area contributed by atoms with Crippen LogP contribution in [0.1, 0.15) is 0 Å². The van der Waals surface area contributed by atoms with E-state index in [0.717, 1.165) is 11.4 Å². The van der Waals surface area contributed by atoms with Gasteiger partial charge in [0.2, 0.25) is 5.16 Å². The van der Waals surface area contributed by atoms with E-state index < -0.39 is 0 Å². The van der Waals surface area contributed by atoms with Gasteiger partial charge in [0.15, 0.2) is 0 Å². The van der Waals surface area contributed by atoms with Gasteiger partial charge in [-0.15, -0.1) is 5.10 Å². The molecular weight excluding hydrogens is 278 g/mol. The van der Waals surface area contributed by atoms with Crippen LogP contribution in [0.3, 0.4) is 0 Å². The molecule has 0 bridgehead atoms. The second-order valence-corrected chi connectivity index (χ2v) is 5.22. The molecule has 2 aromatic rings. The Hall–Kier alpha value is -2.09. The van der Waals surface area contributed by atoms with E-state index in [-0.39, 0.29) is 6.09 Å². The van der Waals surface area contributed by atoms with Gasteiger partial charge in [-0.1, -0.05) is 30.0 Å². The minimum Gasteiger partial charge on any atom is -0.448 e. The molecule has 7 nitrogen and oxygen atoms in total. The fourth-order valence-corrected chi connectivity index (χ4v) is 2.73. The third-order valence-corrected chi connectivity index (χ3v) is 3.78. The van der Waals surface area contributed by atoms with Gasteiger partial charge < -0.3 is 9.64 Å². The lowest BCUT2D eigenvalue weighted by molar-refractivity contribution is 0.160. The van der Waals surface area contributed by atoms with Crippen LogP contribution in [0, 0.1) is 0 Å². The van der Waals surface area contributed by atoms with E-state index in [0.29, 0.717) is 24.9 Å². The molecule has 1 aliphatic heterocycles. The number of cyclic esters (lactones) is 1. The zero-order valence-corrected chi connectivity index (χ0v) is 11.5. The topological polar surface area (TPSA) is 73.1 Å². The summed E-state index contributed by atoms with van der Waals surface area (Å²) in [7, 11) is 0. The van der Waals surface area contributed by atoms with Crippen molar-refractivity contribution in [2.24, 2.45) is 0 Å². The Morgan fingerprint density at radius 1 is 1.30 bits per heavy atom. The van der Waals surface area contributed by atoms with Crippen molar-refractivity contribution in [3.63, 3.8) is 0 Å². The number of aromatic nitrogens is 4. The Labute approximate surface area is 119 Å². The molecule has 0 unspecified atom stereocenters. The van der Waals surface area contributed by atoms with E-state index >= 15 is 0 Å². The summed E-state index contributed by atoms with van der Waals surface area (Å²) >= 11 is 1.51. The summed E-state index contributed by atoms with van der Waals surface area (Å²) in [4.78, 5) is 13.0. The van der Waals surface area contributed by atoms with Crippen molar-refractivity contribution >= 4 is 17.9 Å². The molecule has 0 N–H and O–H groups in total. The van der Waals surface area contributed by atoms with Gasteiger partial charge in [-0.3, -0.25) is 0 Å². The first kappa shape index (κ1) is 12.9. The van der Waals surface area contributed by atoms with Gasteiger partial charge in [0.1, 0.15) is 6.61 Å². The van der Waals surface area contributed by atoms with E-state index in [1.807, 2.05) is 30.3 Å². The highest BCUT2D eigenvalue weighted by Crippen LogP contribution is 2.18. The van der Waals surface area contributed by atoms with Crippen molar-refractivity contribution in [3.8, 4) is 5.69 Å². The largest absolute Gasteiger partial charge is 0.448 e. The van der Waals surface area contributed by atoms with Gasteiger partial charge >= 0.3 is 6.09 Å². The quantitative estimate of drug-likeness (QED) is 0.771. The fourth-order valence-electron chi connectivity index (χ4n) is 1.88. The van der Waals surface area contributed by atoms with Crippen molar-refractivity contribution < 1.29 is 9.53 Å². The van der Waals surface area contributed by atoms with Crippen molar-refractivity contribution in [3.05, 3.63) is 30.3 Å². The summed E-state index contributed by atoms with van der Waals surface area (Å²) in [5.41, 5.74) is 0.917. The van der Waals surface area contributed by atoms with Crippen LogP contribution in [0.5, 0.6) is 0 Å². The molecule has 0 aliphatic carbocycles. The highest BCUT2D eigenvalue weighted by molar-refractivity contribution is 7.99. The van der Waals surface area contributed by atoms with Gasteiger partial charge in [0.05, 0.1) is 12.2 Å². The molecule has 0 radical (unpaired) electrons. The molecule has 104 valence electrons. The molecule has 0 spiro atoms. The fraction of sp³-hybridized carbons (Fsp3) is 0.333. The zero-order chi connectivity index (χ0) is 13.8. The Kier molecular flexibility index (Phi) is 3.82. The molecule has 1 fully saturated rings. The number of hydrogen-bond donors (Lipinski definition) is 0. The van der Waals surface area contributed by atoms with Crippen LogP contribution in [0.2, 0.25) is 0 Å². The molecule has 1 aromatic heterocycles. The van der Waals surface area contributed by atoms with Crippen LogP contribution in [0.4, 0.5) is 4.79 Å². The van der Waals surface area contributed by atoms with Crippen LogP contribution in [0.25, 0.3) is 5.69 Å². The van der Waals surface area contributed by atoms with Gasteiger partial charge in [-0.05, 0) is 22.6 Å². The van der Waals surface area contributed by atoms with Gasteiger partial charge in [-0.25, -0.2) is 4.79 Å². The Morgan fingerprint density at radius 3 is 2.90 bits per heavy atom. The van der Waals surface area contributed by atoms with Crippen LogP contribution in [-0.4, -0.2) is 56.6 Å². The van der Waals surface area contributed by atoms with Gasteiger partial charge in [0, 0.05) is 12.3 Å². The predicted octanol–water partition coefficient (Wildman–Crippen LogP) is 1.21. The SMILES string of the molecule is O=C1OCCN1CCSc1nnnn1-c1ccccc1. The number of amides is 1. The monoisotopic (exact) mass is 291 g/mol. The first-order valence-corrected chi connectivity index (χ1v) is 7.21. The first-order chi connectivity index (χ1) is 9.84. The Balaban J connectivity index is 1.61. The number of hydrogen-bond acceptors (Lipinski definition) is 6. The second kappa shape index (κ2) is 5.91. The highest BCUT2D eigenvalue weighted by Gasteiger charge is 2.21. The molecule has 0 atom stereocenters. The number of rotatable bonds is 5.